The second-order valence-electron chi connectivity index (χ2n) is 4.45. The van der Waals surface area contributed by atoms with Crippen LogP contribution in [0, 0.1) is 5.82 Å². The van der Waals surface area contributed by atoms with Gasteiger partial charge in [-0.3, -0.25) is 0 Å². The molecule has 0 aliphatic carbocycles. The van der Waals surface area contributed by atoms with E-state index in [1.165, 1.54) is 12.1 Å². The number of hydrogen-bond donors (Lipinski definition) is 1. The molecule has 20 heavy (non-hydrogen) atoms. The number of fused-ring (bicyclic) bond motifs is 1. The zero-order valence-electron chi connectivity index (χ0n) is 10.2. The van der Waals surface area contributed by atoms with Gasteiger partial charge in [0, 0.05) is 19.8 Å². The molecule has 3 aromatic rings. The summed E-state index contributed by atoms with van der Waals surface area (Å²) in [4.78, 5) is 0. The van der Waals surface area contributed by atoms with Crippen LogP contribution < -0.4 is 5.73 Å². The molecule has 0 spiro atoms. The number of rotatable bonds is 2. The Balaban J connectivity index is 2.15. The molecule has 1 unspecified atom stereocenters. The van der Waals surface area contributed by atoms with Gasteiger partial charge in [-0.15, -0.1) is 11.3 Å². The Hall–Kier alpha value is -0.940. The van der Waals surface area contributed by atoms with E-state index in [0.717, 1.165) is 20.1 Å². The van der Waals surface area contributed by atoms with E-state index in [1.807, 2.05) is 23.6 Å². The number of hydrogen-bond acceptors (Lipinski definition) is 2. The van der Waals surface area contributed by atoms with E-state index < -0.39 is 6.04 Å². The highest BCUT2D eigenvalue weighted by atomic mass is 79.9. The normalized spacial score (nSPS) is 12.8. The summed E-state index contributed by atoms with van der Waals surface area (Å²) in [7, 11) is 0. The average molecular weight is 371 g/mol. The summed E-state index contributed by atoms with van der Waals surface area (Å²) in [5.41, 5.74) is 7.56. The molecule has 0 fully saturated rings. The van der Waals surface area contributed by atoms with Gasteiger partial charge in [-0.2, -0.15) is 0 Å². The minimum atomic E-state index is -0.531. The van der Waals surface area contributed by atoms with Gasteiger partial charge in [0.2, 0.25) is 0 Å². The molecule has 102 valence electrons. The Kier molecular flexibility index (Phi) is 3.82. The molecule has 1 atom stereocenters. The molecule has 0 aliphatic rings. The quantitative estimate of drug-likeness (QED) is 0.633. The first kappa shape index (κ1) is 14.0. The van der Waals surface area contributed by atoms with Crippen LogP contribution in [0.4, 0.5) is 4.39 Å². The highest BCUT2D eigenvalue weighted by Gasteiger charge is 2.18. The fourth-order valence-corrected chi connectivity index (χ4v) is 4.04. The van der Waals surface area contributed by atoms with Crippen LogP contribution in [0.1, 0.15) is 17.2 Å². The minimum Gasteiger partial charge on any atom is -0.320 e. The fraction of sp³-hybridized carbons (Fsp3) is 0.0667. The van der Waals surface area contributed by atoms with Crippen molar-refractivity contribution < 1.29 is 4.39 Å². The van der Waals surface area contributed by atoms with Crippen molar-refractivity contribution in [3.05, 3.63) is 68.2 Å². The molecule has 1 nitrogen and oxygen atoms in total. The summed E-state index contributed by atoms with van der Waals surface area (Å²) in [5, 5.41) is 3.49. The van der Waals surface area contributed by atoms with Gasteiger partial charge in [-0.1, -0.05) is 23.7 Å². The summed E-state index contributed by atoms with van der Waals surface area (Å²) in [5.74, 6) is -0.337. The van der Waals surface area contributed by atoms with Crippen molar-refractivity contribution in [2.45, 2.75) is 6.04 Å². The van der Waals surface area contributed by atoms with Gasteiger partial charge in [0.1, 0.15) is 5.82 Å². The van der Waals surface area contributed by atoms with Gasteiger partial charge >= 0.3 is 0 Å². The number of nitrogens with two attached hydrogens (primary N) is 1. The van der Waals surface area contributed by atoms with E-state index in [1.54, 1.807) is 17.4 Å². The summed E-state index contributed by atoms with van der Waals surface area (Å²) in [6.07, 6.45) is 0. The Bertz CT molecular complexity index is 787. The molecule has 2 N–H and O–H groups in total. The van der Waals surface area contributed by atoms with Gasteiger partial charge in [0.15, 0.2) is 0 Å². The predicted molar refractivity (Wildman–Crippen MR) is 87.0 cm³/mol. The molecule has 2 aromatic carbocycles. The molecule has 0 aliphatic heterocycles. The van der Waals surface area contributed by atoms with Gasteiger partial charge < -0.3 is 5.73 Å². The van der Waals surface area contributed by atoms with Crippen molar-refractivity contribution in [3.63, 3.8) is 0 Å². The third-order valence-electron chi connectivity index (χ3n) is 3.21. The van der Waals surface area contributed by atoms with E-state index in [0.29, 0.717) is 10.6 Å². The van der Waals surface area contributed by atoms with Crippen LogP contribution in [0.2, 0.25) is 5.02 Å². The molecule has 0 saturated carbocycles. The van der Waals surface area contributed by atoms with Crippen molar-refractivity contribution in [1.29, 1.82) is 0 Å². The third-order valence-corrected chi connectivity index (χ3v) is 5.42. The monoisotopic (exact) mass is 369 g/mol. The topological polar surface area (TPSA) is 26.0 Å². The predicted octanol–water partition coefficient (Wildman–Crippen LogP) is 5.50. The smallest absolute Gasteiger partial charge is 0.128 e. The first-order valence-electron chi connectivity index (χ1n) is 5.94. The lowest BCUT2D eigenvalue weighted by molar-refractivity contribution is 0.600. The molecule has 1 aromatic heterocycles. The van der Waals surface area contributed by atoms with E-state index in [-0.39, 0.29) is 5.82 Å². The maximum atomic E-state index is 13.9. The summed E-state index contributed by atoms with van der Waals surface area (Å²) >= 11 is 11.0. The van der Waals surface area contributed by atoms with E-state index >= 15 is 0 Å². The van der Waals surface area contributed by atoms with Gasteiger partial charge in [0.25, 0.3) is 0 Å². The fourth-order valence-electron chi connectivity index (χ4n) is 2.20. The van der Waals surface area contributed by atoms with Crippen LogP contribution in [0.5, 0.6) is 0 Å². The zero-order chi connectivity index (χ0) is 14.3. The second kappa shape index (κ2) is 5.45. The molecule has 0 bridgehead atoms. The van der Waals surface area contributed by atoms with Gasteiger partial charge in [-0.25, -0.2) is 4.39 Å². The van der Waals surface area contributed by atoms with Crippen molar-refractivity contribution >= 4 is 49.0 Å². The Labute approximate surface area is 133 Å². The minimum absolute atomic E-state index is 0.337. The third kappa shape index (κ3) is 2.37. The van der Waals surface area contributed by atoms with E-state index in [9.17, 15) is 4.39 Å². The number of thiophene rings is 1. The molecule has 0 radical (unpaired) electrons. The lowest BCUT2D eigenvalue weighted by Crippen LogP contribution is -2.13. The van der Waals surface area contributed by atoms with Gasteiger partial charge in [-0.05, 0) is 56.5 Å². The van der Waals surface area contributed by atoms with Crippen LogP contribution in [0.15, 0.2) is 46.3 Å². The zero-order valence-corrected chi connectivity index (χ0v) is 13.4. The molecular weight excluding hydrogens is 361 g/mol. The van der Waals surface area contributed by atoms with Crippen LogP contribution >= 0.6 is 38.9 Å². The molecule has 5 heteroatoms. The largest absolute Gasteiger partial charge is 0.320 e. The maximum absolute atomic E-state index is 13.9. The molecule has 1 heterocycles. The SMILES string of the molecule is NC(c1cc(Cl)ccc1F)c1csc2c(Br)cccc12. The second-order valence-corrected chi connectivity index (χ2v) is 6.62. The molecular formula is C15H10BrClFNS. The van der Waals surface area contributed by atoms with E-state index in [2.05, 4.69) is 15.9 Å². The molecule has 0 amide bonds. The summed E-state index contributed by atoms with van der Waals surface area (Å²) in [6.45, 7) is 0. The lowest BCUT2D eigenvalue weighted by Gasteiger charge is -2.13. The van der Waals surface area contributed by atoms with Crippen LogP contribution in [-0.4, -0.2) is 0 Å². The summed E-state index contributed by atoms with van der Waals surface area (Å²) in [6, 6.07) is 9.85. The van der Waals surface area contributed by atoms with Crippen molar-refractivity contribution in [2.75, 3.05) is 0 Å². The molecule has 0 saturated heterocycles. The average Bonchev–Trinajstić information content (AvgIpc) is 2.86. The van der Waals surface area contributed by atoms with Crippen LogP contribution in [-0.2, 0) is 0 Å². The van der Waals surface area contributed by atoms with Crippen molar-refractivity contribution in [1.82, 2.24) is 0 Å². The number of benzene rings is 2. The Morgan fingerprint density at radius 3 is 2.80 bits per heavy atom. The lowest BCUT2D eigenvalue weighted by atomic mass is 9.98. The van der Waals surface area contributed by atoms with Crippen molar-refractivity contribution in [2.24, 2.45) is 5.73 Å². The standard InChI is InChI=1S/C15H10BrClFNS/c16-12-3-1-2-9-11(7-20-15(9)12)14(19)10-6-8(17)4-5-13(10)18/h1-7,14H,19H2. The Morgan fingerprint density at radius 1 is 1.20 bits per heavy atom. The van der Waals surface area contributed by atoms with Crippen molar-refractivity contribution in [3.8, 4) is 0 Å². The number of halogens is 3. The Morgan fingerprint density at radius 2 is 2.00 bits per heavy atom. The highest BCUT2D eigenvalue weighted by molar-refractivity contribution is 9.10. The van der Waals surface area contributed by atoms with E-state index in [4.69, 9.17) is 17.3 Å². The van der Waals surface area contributed by atoms with Gasteiger partial charge in [0.05, 0.1) is 6.04 Å². The van der Waals surface area contributed by atoms with Crippen LogP contribution in [0.3, 0.4) is 0 Å². The molecule has 3 rings (SSSR count). The first-order chi connectivity index (χ1) is 9.58. The van der Waals surface area contributed by atoms with Crippen LogP contribution in [0.25, 0.3) is 10.1 Å². The highest BCUT2D eigenvalue weighted by Crippen LogP contribution is 2.37. The summed E-state index contributed by atoms with van der Waals surface area (Å²) < 4.78 is 16.1. The maximum Gasteiger partial charge on any atom is 0.128 e. The first-order valence-corrected chi connectivity index (χ1v) is 7.99.